The summed E-state index contributed by atoms with van der Waals surface area (Å²) in [6, 6.07) is 12.7. The molecule has 0 aliphatic rings. The third-order valence-corrected chi connectivity index (χ3v) is 2.55. The predicted octanol–water partition coefficient (Wildman–Crippen LogP) is 2.31. The number of nitrogens with zero attached hydrogens (tertiary/aromatic N) is 2. The SMILES string of the molecule is N#Cc1cc(NCCc2ccc(O)cc2)ccn1. The van der Waals surface area contributed by atoms with Crippen LogP contribution in [0.2, 0.25) is 0 Å². The molecule has 0 aliphatic heterocycles. The number of nitrogens with one attached hydrogen (secondary N) is 1. The molecule has 0 radical (unpaired) electrons. The van der Waals surface area contributed by atoms with Crippen molar-refractivity contribution in [1.82, 2.24) is 4.98 Å². The van der Waals surface area contributed by atoms with Crippen LogP contribution in [0.3, 0.4) is 0 Å². The number of aromatic hydroxyl groups is 1. The van der Waals surface area contributed by atoms with Gasteiger partial charge in [0.1, 0.15) is 17.5 Å². The standard InChI is InChI=1S/C14H13N3O/c15-10-13-9-12(6-8-17-13)16-7-5-11-1-3-14(18)4-2-11/h1-4,6,8-9,18H,5,7H2,(H,16,17). The maximum absolute atomic E-state index is 9.16. The number of hydrogen-bond acceptors (Lipinski definition) is 4. The molecule has 0 atom stereocenters. The van der Waals surface area contributed by atoms with E-state index in [0.717, 1.165) is 24.2 Å². The van der Waals surface area contributed by atoms with Crippen LogP contribution < -0.4 is 5.32 Å². The lowest BCUT2D eigenvalue weighted by atomic mass is 10.1. The minimum absolute atomic E-state index is 0.277. The van der Waals surface area contributed by atoms with Crippen molar-refractivity contribution in [2.24, 2.45) is 0 Å². The number of nitriles is 1. The Kier molecular flexibility index (Phi) is 3.77. The van der Waals surface area contributed by atoms with Gasteiger partial charge < -0.3 is 10.4 Å². The summed E-state index contributed by atoms with van der Waals surface area (Å²) >= 11 is 0. The van der Waals surface area contributed by atoms with Gasteiger partial charge in [0.15, 0.2) is 0 Å². The highest BCUT2D eigenvalue weighted by atomic mass is 16.3. The monoisotopic (exact) mass is 239 g/mol. The number of hydrogen-bond donors (Lipinski definition) is 2. The van der Waals surface area contributed by atoms with E-state index in [2.05, 4.69) is 10.3 Å². The summed E-state index contributed by atoms with van der Waals surface area (Å²) in [6.07, 6.45) is 2.46. The second-order valence-corrected chi connectivity index (χ2v) is 3.88. The first-order chi connectivity index (χ1) is 8.78. The summed E-state index contributed by atoms with van der Waals surface area (Å²) < 4.78 is 0. The Hall–Kier alpha value is -2.54. The van der Waals surface area contributed by atoms with Gasteiger partial charge in [-0.05, 0) is 36.2 Å². The molecule has 90 valence electrons. The number of anilines is 1. The minimum atomic E-state index is 0.277. The van der Waals surface area contributed by atoms with E-state index in [1.54, 1.807) is 24.4 Å². The molecule has 0 bridgehead atoms. The van der Waals surface area contributed by atoms with Gasteiger partial charge in [-0.15, -0.1) is 0 Å². The van der Waals surface area contributed by atoms with Gasteiger partial charge in [-0.25, -0.2) is 4.98 Å². The van der Waals surface area contributed by atoms with Crippen molar-refractivity contribution in [1.29, 1.82) is 5.26 Å². The van der Waals surface area contributed by atoms with Gasteiger partial charge in [0.2, 0.25) is 0 Å². The topological polar surface area (TPSA) is 68.9 Å². The number of pyridine rings is 1. The van der Waals surface area contributed by atoms with Crippen LogP contribution in [-0.4, -0.2) is 16.6 Å². The van der Waals surface area contributed by atoms with E-state index >= 15 is 0 Å². The Morgan fingerprint density at radius 2 is 2.00 bits per heavy atom. The molecule has 1 heterocycles. The van der Waals surface area contributed by atoms with Crippen molar-refractivity contribution < 1.29 is 5.11 Å². The Bertz CT molecular complexity index is 558. The summed E-state index contributed by atoms with van der Waals surface area (Å²) in [7, 11) is 0. The number of phenols is 1. The van der Waals surface area contributed by atoms with Crippen LogP contribution in [0, 0.1) is 11.3 Å². The van der Waals surface area contributed by atoms with Gasteiger partial charge in [0.25, 0.3) is 0 Å². The van der Waals surface area contributed by atoms with E-state index in [9.17, 15) is 0 Å². The summed E-state index contributed by atoms with van der Waals surface area (Å²) in [6.45, 7) is 0.764. The number of aromatic nitrogens is 1. The van der Waals surface area contributed by atoms with Crippen LogP contribution in [0.15, 0.2) is 42.6 Å². The summed E-state index contributed by atoms with van der Waals surface area (Å²) in [5, 5.41) is 21.1. The second-order valence-electron chi connectivity index (χ2n) is 3.88. The van der Waals surface area contributed by atoms with Gasteiger partial charge >= 0.3 is 0 Å². The summed E-state index contributed by atoms with van der Waals surface area (Å²) in [4.78, 5) is 3.90. The molecule has 18 heavy (non-hydrogen) atoms. The molecule has 2 rings (SSSR count). The van der Waals surface area contributed by atoms with Crippen molar-refractivity contribution >= 4 is 5.69 Å². The first-order valence-electron chi connectivity index (χ1n) is 5.66. The van der Waals surface area contributed by atoms with Crippen LogP contribution in [-0.2, 0) is 6.42 Å². The molecule has 4 nitrogen and oxygen atoms in total. The van der Waals surface area contributed by atoms with Crippen molar-refractivity contribution in [3.8, 4) is 11.8 Å². The first-order valence-corrected chi connectivity index (χ1v) is 5.66. The molecule has 2 aromatic rings. The molecule has 0 amide bonds. The van der Waals surface area contributed by atoms with Crippen molar-refractivity contribution in [3.63, 3.8) is 0 Å². The third-order valence-electron chi connectivity index (χ3n) is 2.55. The van der Waals surface area contributed by atoms with Crippen molar-refractivity contribution in [2.45, 2.75) is 6.42 Å². The lowest BCUT2D eigenvalue weighted by Gasteiger charge is -2.06. The van der Waals surface area contributed by atoms with E-state index in [4.69, 9.17) is 10.4 Å². The van der Waals surface area contributed by atoms with Crippen LogP contribution in [0.25, 0.3) is 0 Å². The van der Waals surface area contributed by atoms with Crippen molar-refractivity contribution in [2.75, 3.05) is 11.9 Å². The summed E-state index contributed by atoms with van der Waals surface area (Å²) in [5.74, 6) is 0.277. The number of benzene rings is 1. The molecule has 1 aromatic carbocycles. The molecule has 0 aliphatic carbocycles. The van der Waals surface area contributed by atoms with Gasteiger partial charge in [-0.3, -0.25) is 0 Å². The fraction of sp³-hybridized carbons (Fsp3) is 0.143. The quantitative estimate of drug-likeness (QED) is 0.859. The zero-order valence-electron chi connectivity index (χ0n) is 9.80. The Morgan fingerprint density at radius 3 is 2.72 bits per heavy atom. The second kappa shape index (κ2) is 5.69. The predicted molar refractivity (Wildman–Crippen MR) is 69.3 cm³/mol. The highest BCUT2D eigenvalue weighted by molar-refractivity contribution is 5.46. The Labute approximate surface area is 106 Å². The maximum Gasteiger partial charge on any atom is 0.142 e. The van der Waals surface area contributed by atoms with Crippen molar-refractivity contribution in [3.05, 3.63) is 53.9 Å². The van der Waals surface area contributed by atoms with Gasteiger partial charge in [0, 0.05) is 18.4 Å². The molecule has 4 heteroatoms. The average molecular weight is 239 g/mol. The third kappa shape index (κ3) is 3.22. The largest absolute Gasteiger partial charge is 0.508 e. The Balaban J connectivity index is 1.88. The number of phenolic OH excluding ortho intramolecular Hbond substituents is 1. The molecular weight excluding hydrogens is 226 g/mol. The fourth-order valence-electron chi connectivity index (χ4n) is 1.62. The molecule has 0 saturated carbocycles. The van der Waals surface area contributed by atoms with E-state index in [0.29, 0.717) is 5.69 Å². The molecule has 0 spiro atoms. The molecular formula is C14H13N3O. The molecule has 0 unspecified atom stereocenters. The highest BCUT2D eigenvalue weighted by Crippen LogP contribution is 2.11. The molecule has 0 fully saturated rings. The smallest absolute Gasteiger partial charge is 0.142 e. The number of rotatable bonds is 4. The summed E-state index contributed by atoms with van der Waals surface area (Å²) in [5.41, 5.74) is 2.44. The first kappa shape index (κ1) is 11.9. The van der Waals surface area contributed by atoms with Gasteiger partial charge in [-0.2, -0.15) is 5.26 Å². The van der Waals surface area contributed by atoms with E-state index < -0.39 is 0 Å². The van der Waals surface area contributed by atoms with E-state index in [-0.39, 0.29) is 5.75 Å². The molecule has 2 N–H and O–H groups in total. The lowest BCUT2D eigenvalue weighted by molar-refractivity contribution is 0.475. The van der Waals surface area contributed by atoms with Crippen LogP contribution >= 0.6 is 0 Å². The Morgan fingerprint density at radius 1 is 1.22 bits per heavy atom. The lowest BCUT2D eigenvalue weighted by Crippen LogP contribution is -2.05. The van der Waals surface area contributed by atoms with E-state index in [1.165, 1.54) is 0 Å². The van der Waals surface area contributed by atoms with Crippen LogP contribution in [0.5, 0.6) is 5.75 Å². The van der Waals surface area contributed by atoms with E-state index in [1.807, 2.05) is 24.3 Å². The highest BCUT2D eigenvalue weighted by Gasteiger charge is 1.97. The minimum Gasteiger partial charge on any atom is -0.508 e. The fourth-order valence-corrected chi connectivity index (χ4v) is 1.62. The van der Waals surface area contributed by atoms with Gasteiger partial charge in [0.05, 0.1) is 0 Å². The maximum atomic E-state index is 9.16. The van der Waals surface area contributed by atoms with Gasteiger partial charge in [-0.1, -0.05) is 12.1 Å². The molecule has 0 saturated heterocycles. The molecule has 1 aromatic heterocycles. The van der Waals surface area contributed by atoms with Crippen LogP contribution in [0.1, 0.15) is 11.3 Å². The van der Waals surface area contributed by atoms with Crippen LogP contribution in [0.4, 0.5) is 5.69 Å². The average Bonchev–Trinajstić information content (AvgIpc) is 2.41. The normalized spacial score (nSPS) is 9.72. The zero-order valence-corrected chi connectivity index (χ0v) is 9.80. The zero-order chi connectivity index (χ0) is 12.8.